The van der Waals surface area contributed by atoms with Crippen molar-refractivity contribution in [2.45, 2.75) is 18.6 Å². The number of aliphatic hydroxyl groups is 1. The van der Waals surface area contributed by atoms with Gasteiger partial charge in [0.05, 0.1) is 12.6 Å². The van der Waals surface area contributed by atoms with Gasteiger partial charge in [-0.15, -0.1) is 0 Å². The summed E-state index contributed by atoms with van der Waals surface area (Å²) in [5, 5.41) is 12.3. The minimum absolute atomic E-state index is 0.0411. The lowest BCUT2D eigenvalue weighted by molar-refractivity contribution is -0.173. The van der Waals surface area contributed by atoms with E-state index in [-0.39, 0.29) is 19.3 Å². The van der Waals surface area contributed by atoms with E-state index >= 15 is 0 Å². The molecule has 0 fully saturated rings. The van der Waals surface area contributed by atoms with Crippen LogP contribution in [0.2, 0.25) is 0 Å². The summed E-state index contributed by atoms with van der Waals surface area (Å²) >= 11 is 0. The van der Waals surface area contributed by atoms with Gasteiger partial charge in [0.1, 0.15) is 6.61 Å². The summed E-state index contributed by atoms with van der Waals surface area (Å²) in [6.45, 7) is -0.750. The predicted molar refractivity (Wildman–Crippen MR) is 65.8 cm³/mol. The third kappa shape index (κ3) is 7.15. The molecule has 1 rings (SSSR count). The van der Waals surface area contributed by atoms with Gasteiger partial charge in [0.2, 0.25) is 0 Å². The first-order valence-corrected chi connectivity index (χ1v) is 6.06. The van der Waals surface area contributed by atoms with Crippen molar-refractivity contribution in [3.05, 3.63) is 35.9 Å². The van der Waals surface area contributed by atoms with E-state index in [1.807, 2.05) is 30.3 Å². The van der Waals surface area contributed by atoms with Gasteiger partial charge < -0.3 is 15.2 Å². The van der Waals surface area contributed by atoms with Crippen LogP contribution in [0.4, 0.5) is 13.2 Å². The van der Waals surface area contributed by atoms with Crippen LogP contribution in [0.5, 0.6) is 0 Å². The normalized spacial score (nSPS) is 13.5. The molecular weight excluding hydrogens is 259 g/mol. The van der Waals surface area contributed by atoms with E-state index in [2.05, 4.69) is 10.1 Å². The van der Waals surface area contributed by atoms with Gasteiger partial charge in [-0.3, -0.25) is 0 Å². The third-order valence-corrected chi connectivity index (χ3v) is 2.51. The second-order valence-electron chi connectivity index (χ2n) is 4.12. The number of hydrogen-bond donors (Lipinski definition) is 2. The first-order chi connectivity index (χ1) is 9.03. The Kier molecular flexibility index (Phi) is 6.83. The monoisotopic (exact) mass is 277 g/mol. The lowest BCUT2D eigenvalue weighted by atomic mass is 10.1. The van der Waals surface area contributed by atoms with Crippen molar-refractivity contribution in [3.63, 3.8) is 0 Å². The summed E-state index contributed by atoms with van der Waals surface area (Å²) in [6.07, 6.45) is -3.81. The molecule has 1 aromatic rings. The van der Waals surface area contributed by atoms with Crippen LogP contribution in [0, 0.1) is 0 Å². The zero-order chi connectivity index (χ0) is 14.1. The van der Waals surface area contributed by atoms with Crippen LogP contribution in [0.15, 0.2) is 30.3 Å². The number of rotatable bonds is 8. The number of hydrogen-bond acceptors (Lipinski definition) is 3. The van der Waals surface area contributed by atoms with E-state index in [9.17, 15) is 18.3 Å². The Morgan fingerprint density at radius 1 is 1.21 bits per heavy atom. The fraction of sp³-hybridized carbons (Fsp3) is 0.538. The molecule has 0 aliphatic rings. The molecule has 6 heteroatoms. The number of nitrogens with one attached hydrogen (secondary N) is 1. The van der Waals surface area contributed by atoms with Crippen molar-refractivity contribution in [1.29, 1.82) is 0 Å². The third-order valence-electron chi connectivity index (χ3n) is 2.51. The van der Waals surface area contributed by atoms with Crippen molar-refractivity contribution in [3.8, 4) is 0 Å². The Labute approximate surface area is 110 Å². The van der Waals surface area contributed by atoms with Gasteiger partial charge in [-0.05, 0) is 18.5 Å². The van der Waals surface area contributed by atoms with Crippen LogP contribution >= 0.6 is 0 Å². The Balaban J connectivity index is 2.17. The zero-order valence-electron chi connectivity index (χ0n) is 10.5. The Bertz CT molecular complexity index is 343. The first kappa shape index (κ1) is 15.9. The summed E-state index contributed by atoms with van der Waals surface area (Å²) in [7, 11) is 0. The minimum atomic E-state index is -4.27. The van der Waals surface area contributed by atoms with Crippen molar-refractivity contribution < 1.29 is 23.0 Å². The van der Waals surface area contributed by atoms with E-state index in [0.717, 1.165) is 5.56 Å². The van der Waals surface area contributed by atoms with Gasteiger partial charge in [-0.25, -0.2) is 0 Å². The summed E-state index contributed by atoms with van der Waals surface area (Å²) in [5.41, 5.74) is 0.946. The van der Waals surface area contributed by atoms with Gasteiger partial charge in [0, 0.05) is 6.61 Å². The van der Waals surface area contributed by atoms with Crippen molar-refractivity contribution >= 4 is 0 Å². The van der Waals surface area contributed by atoms with Crippen molar-refractivity contribution in [2.75, 3.05) is 26.4 Å². The molecule has 0 heterocycles. The Morgan fingerprint density at radius 3 is 2.47 bits per heavy atom. The van der Waals surface area contributed by atoms with Crippen LogP contribution in [-0.2, 0) is 4.74 Å². The number of aliphatic hydroxyl groups excluding tert-OH is 1. The average molecular weight is 277 g/mol. The Morgan fingerprint density at radius 2 is 1.89 bits per heavy atom. The predicted octanol–water partition coefficient (Wildman–Crippen LogP) is 2.28. The largest absolute Gasteiger partial charge is 0.411 e. The fourth-order valence-electron chi connectivity index (χ4n) is 1.61. The molecular formula is C13H18F3NO2. The highest BCUT2D eigenvalue weighted by molar-refractivity contribution is 5.18. The molecule has 0 saturated heterocycles. The Hall–Kier alpha value is -1.11. The standard InChI is InChI=1S/C13H18F3NO2/c14-13(15,16)10-19-8-4-7-17-12(9-18)11-5-2-1-3-6-11/h1-3,5-6,12,17-18H,4,7-10H2. The van der Waals surface area contributed by atoms with Gasteiger partial charge >= 0.3 is 6.18 Å². The SMILES string of the molecule is OCC(NCCCOCC(F)(F)F)c1ccccc1. The van der Waals surface area contributed by atoms with Gasteiger partial charge in [-0.1, -0.05) is 30.3 Å². The molecule has 108 valence electrons. The highest BCUT2D eigenvalue weighted by Crippen LogP contribution is 2.14. The molecule has 0 aliphatic heterocycles. The van der Waals surface area contributed by atoms with Gasteiger partial charge in [0.25, 0.3) is 0 Å². The van der Waals surface area contributed by atoms with Crippen LogP contribution in [-0.4, -0.2) is 37.6 Å². The topological polar surface area (TPSA) is 41.5 Å². The minimum Gasteiger partial charge on any atom is -0.394 e. The summed E-state index contributed by atoms with van der Waals surface area (Å²) in [4.78, 5) is 0. The summed E-state index contributed by atoms with van der Waals surface area (Å²) < 4.78 is 39.9. The van der Waals surface area contributed by atoms with Crippen molar-refractivity contribution in [2.24, 2.45) is 0 Å². The molecule has 2 N–H and O–H groups in total. The second kappa shape index (κ2) is 8.14. The van der Waals surface area contributed by atoms with Crippen LogP contribution in [0.3, 0.4) is 0 Å². The maximum Gasteiger partial charge on any atom is 0.411 e. The quantitative estimate of drug-likeness (QED) is 0.716. The van der Waals surface area contributed by atoms with Crippen LogP contribution in [0.25, 0.3) is 0 Å². The maximum absolute atomic E-state index is 11.8. The highest BCUT2D eigenvalue weighted by atomic mass is 19.4. The molecule has 1 aromatic carbocycles. The molecule has 1 atom stereocenters. The molecule has 0 radical (unpaired) electrons. The molecule has 0 saturated carbocycles. The van der Waals surface area contributed by atoms with Gasteiger partial charge in [-0.2, -0.15) is 13.2 Å². The molecule has 0 aliphatic carbocycles. The fourth-order valence-corrected chi connectivity index (χ4v) is 1.61. The number of alkyl halides is 3. The zero-order valence-corrected chi connectivity index (χ0v) is 10.5. The molecule has 1 unspecified atom stereocenters. The van der Waals surface area contributed by atoms with Crippen molar-refractivity contribution in [1.82, 2.24) is 5.32 Å². The number of ether oxygens (including phenoxy) is 1. The molecule has 0 amide bonds. The first-order valence-electron chi connectivity index (χ1n) is 6.06. The number of benzene rings is 1. The summed E-state index contributed by atoms with van der Waals surface area (Å²) in [5.74, 6) is 0. The summed E-state index contributed by atoms with van der Waals surface area (Å²) in [6, 6.07) is 9.17. The van der Waals surface area contributed by atoms with Crippen LogP contribution in [0.1, 0.15) is 18.0 Å². The van der Waals surface area contributed by atoms with E-state index in [0.29, 0.717) is 13.0 Å². The number of halogens is 3. The van der Waals surface area contributed by atoms with E-state index < -0.39 is 12.8 Å². The molecule has 19 heavy (non-hydrogen) atoms. The van der Waals surface area contributed by atoms with Gasteiger partial charge in [0.15, 0.2) is 0 Å². The maximum atomic E-state index is 11.8. The highest BCUT2D eigenvalue weighted by Gasteiger charge is 2.27. The van der Waals surface area contributed by atoms with E-state index in [4.69, 9.17) is 0 Å². The smallest absolute Gasteiger partial charge is 0.394 e. The second-order valence-corrected chi connectivity index (χ2v) is 4.12. The van der Waals surface area contributed by atoms with Crippen LogP contribution < -0.4 is 5.32 Å². The molecule has 0 aromatic heterocycles. The lowest BCUT2D eigenvalue weighted by Crippen LogP contribution is -2.26. The average Bonchev–Trinajstić information content (AvgIpc) is 2.38. The van der Waals surface area contributed by atoms with E-state index in [1.165, 1.54) is 0 Å². The molecule has 0 spiro atoms. The molecule has 3 nitrogen and oxygen atoms in total. The van der Waals surface area contributed by atoms with E-state index in [1.54, 1.807) is 0 Å². The molecule has 0 bridgehead atoms. The lowest BCUT2D eigenvalue weighted by Gasteiger charge is -2.16.